The molecule has 1 aliphatic rings. The van der Waals surface area contributed by atoms with Crippen LogP contribution in [0.2, 0.25) is 5.02 Å². The average Bonchev–Trinajstić information content (AvgIpc) is 2.56. The Morgan fingerprint density at radius 1 is 1.36 bits per heavy atom. The van der Waals surface area contributed by atoms with E-state index in [2.05, 4.69) is 0 Å². The largest absolute Gasteiger partial charge is 0.462 e. The first-order valence-electron chi connectivity index (χ1n) is 4.39. The van der Waals surface area contributed by atoms with Crippen LogP contribution in [0.25, 0.3) is 6.08 Å². The second kappa shape index (κ2) is 3.84. The molecule has 72 valence electrons. The maximum absolute atomic E-state index is 11.2. The Bertz CT molecular complexity index is 396. The van der Waals surface area contributed by atoms with E-state index in [1.165, 1.54) is 0 Å². The number of carbonyl (C=O) groups is 1. The molecule has 3 heteroatoms. The van der Waals surface area contributed by atoms with Crippen LogP contribution < -0.4 is 0 Å². The average molecular weight is 209 g/mol. The number of cyclic esters (lactones) is 1. The minimum Gasteiger partial charge on any atom is -0.462 e. The maximum atomic E-state index is 11.2. The molecular formula is C11H9ClO2. The number of esters is 1. The Morgan fingerprint density at radius 2 is 2.14 bits per heavy atom. The van der Waals surface area contributed by atoms with Gasteiger partial charge in [-0.1, -0.05) is 29.8 Å². The van der Waals surface area contributed by atoms with Crippen LogP contribution >= 0.6 is 11.6 Å². The minimum atomic E-state index is -0.232. The summed E-state index contributed by atoms with van der Waals surface area (Å²) in [5.74, 6) is -0.232. The van der Waals surface area contributed by atoms with Gasteiger partial charge in [0.05, 0.1) is 6.61 Å². The molecule has 2 rings (SSSR count). The Balaban J connectivity index is 2.33. The molecule has 14 heavy (non-hydrogen) atoms. The number of rotatable bonds is 1. The molecule has 0 aromatic heterocycles. The topological polar surface area (TPSA) is 26.3 Å². The highest BCUT2D eigenvalue weighted by molar-refractivity contribution is 6.32. The van der Waals surface area contributed by atoms with E-state index >= 15 is 0 Å². The molecule has 1 heterocycles. The van der Waals surface area contributed by atoms with E-state index in [0.29, 0.717) is 23.6 Å². The highest BCUT2D eigenvalue weighted by Gasteiger charge is 2.18. The van der Waals surface area contributed by atoms with Crippen LogP contribution in [-0.4, -0.2) is 12.6 Å². The van der Waals surface area contributed by atoms with E-state index < -0.39 is 0 Å². The fourth-order valence-electron chi connectivity index (χ4n) is 1.36. The van der Waals surface area contributed by atoms with E-state index in [1.54, 1.807) is 12.1 Å². The van der Waals surface area contributed by atoms with Crippen molar-refractivity contribution in [1.82, 2.24) is 0 Å². The number of hydrogen-bond donors (Lipinski definition) is 0. The fourth-order valence-corrected chi connectivity index (χ4v) is 1.55. The molecule has 0 radical (unpaired) electrons. The third-order valence-electron chi connectivity index (χ3n) is 2.10. The van der Waals surface area contributed by atoms with Gasteiger partial charge >= 0.3 is 5.97 Å². The molecule has 1 saturated heterocycles. The number of ether oxygens (including phenoxy) is 1. The predicted octanol–water partition coefficient (Wildman–Crippen LogP) is 2.67. The number of carbonyl (C=O) groups excluding carboxylic acids is 1. The Kier molecular flexibility index (Phi) is 2.55. The van der Waals surface area contributed by atoms with Crippen molar-refractivity contribution in [3.05, 3.63) is 40.4 Å². The summed E-state index contributed by atoms with van der Waals surface area (Å²) in [7, 11) is 0. The fraction of sp³-hybridized carbons (Fsp3) is 0.182. The number of hydrogen-bond acceptors (Lipinski definition) is 2. The Hall–Kier alpha value is -1.28. The molecule has 0 unspecified atom stereocenters. The zero-order valence-corrected chi connectivity index (χ0v) is 8.25. The van der Waals surface area contributed by atoms with Gasteiger partial charge in [-0.25, -0.2) is 4.79 Å². The number of benzene rings is 1. The molecule has 0 spiro atoms. The summed E-state index contributed by atoms with van der Waals surface area (Å²) in [6, 6.07) is 7.42. The molecule has 1 aromatic rings. The van der Waals surface area contributed by atoms with Crippen LogP contribution in [0.4, 0.5) is 0 Å². The Labute approximate surface area is 87.1 Å². The van der Waals surface area contributed by atoms with Crippen molar-refractivity contribution in [3.8, 4) is 0 Å². The van der Waals surface area contributed by atoms with Crippen LogP contribution in [-0.2, 0) is 9.53 Å². The molecule has 0 atom stereocenters. The van der Waals surface area contributed by atoms with Crippen LogP contribution in [0, 0.1) is 0 Å². The Morgan fingerprint density at radius 3 is 2.79 bits per heavy atom. The second-order valence-corrected chi connectivity index (χ2v) is 3.48. The summed E-state index contributed by atoms with van der Waals surface area (Å²) in [6.45, 7) is 0.481. The molecule has 0 amide bonds. The van der Waals surface area contributed by atoms with Crippen LogP contribution in [0.3, 0.4) is 0 Å². The molecule has 1 aliphatic heterocycles. The highest BCUT2D eigenvalue weighted by atomic mass is 35.5. The van der Waals surface area contributed by atoms with Gasteiger partial charge in [0.2, 0.25) is 0 Å². The molecule has 0 aliphatic carbocycles. The molecule has 1 aromatic carbocycles. The third kappa shape index (κ3) is 1.80. The summed E-state index contributed by atoms with van der Waals surface area (Å²) >= 11 is 5.95. The van der Waals surface area contributed by atoms with E-state index in [-0.39, 0.29) is 5.97 Å². The smallest absolute Gasteiger partial charge is 0.334 e. The first-order chi connectivity index (χ1) is 6.77. The van der Waals surface area contributed by atoms with E-state index in [0.717, 1.165) is 5.56 Å². The van der Waals surface area contributed by atoms with Crippen LogP contribution in [0.15, 0.2) is 29.8 Å². The lowest BCUT2D eigenvalue weighted by Gasteiger charge is -1.97. The van der Waals surface area contributed by atoms with Gasteiger partial charge in [-0.15, -0.1) is 0 Å². The molecule has 2 nitrogen and oxygen atoms in total. The molecule has 0 bridgehead atoms. The molecular weight excluding hydrogens is 200 g/mol. The van der Waals surface area contributed by atoms with E-state index in [1.807, 2.05) is 18.2 Å². The highest BCUT2D eigenvalue weighted by Crippen LogP contribution is 2.22. The first kappa shape index (κ1) is 9.28. The lowest BCUT2D eigenvalue weighted by Crippen LogP contribution is -1.94. The monoisotopic (exact) mass is 208 g/mol. The van der Waals surface area contributed by atoms with E-state index in [9.17, 15) is 4.79 Å². The van der Waals surface area contributed by atoms with Crippen molar-refractivity contribution in [2.75, 3.05) is 6.61 Å². The van der Waals surface area contributed by atoms with E-state index in [4.69, 9.17) is 16.3 Å². The van der Waals surface area contributed by atoms with Gasteiger partial charge in [0.1, 0.15) is 0 Å². The van der Waals surface area contributed by atoms with Gasteiger partial charge in [-0.2, -0.15) is 0 Å². The van der Waals surface area contributed by atoms with Gasteiger partial charge in [0, 0.05) is 17.0 Å². The van der Waals surface area contributed by atoms with Gasteiger partial charge < -0.3 is 4.74 Å². The van der Waals surface area contributed by atoms with Gasteiger partial charge in [-0.05, 0) is 17.7 Å². The van der Waals surface area contributed by atoms with Crippen molar-refractivity contribution < 1.29 is 9.53 Å². The number of halogens is 1. The normalized spacial score (nSPS) is 18.6. The maximum Gasteiger partial charge on any atom is 0.334 e. The summed E-state index contributed by atoms with van der Waals surface area (Å²) in [4.78, 5) is 11.2. The standard InChI is InChI=1S/C11H9ClO2/c12-10-4-2-1-3-8(10)7-9-5-6-14-11(9)13/h1-4,7H,5-6H2/b9-7-. The predicted molar refractivity (Wildman–Crippen MR) is 55.0 cm³/mol. The zero-order chi connectivity index (χ0) is 9.97. The molecule has 1 fully saturated rings. The molecule has 0 saturated carbocycles. The van der Waals surface area contributed by atoms with Gasteiger partial charge in [0.15, 0.2) is 0 Å². The van der Waals surface area contributed by atoms with Crippen LogP contribution in [0.5, 0.6) is 0 Å². The van der Waals surface area contributed by atoms with Crippen molar-refractivity contribution in [1.29, 1.82) is 0 Å². The van der Waals surface area contributed by atoms with Gasteiger partial charge in [0.25, 0.3) is 0 Å². The van der Waals surface area contributed by atoms with Crippen molar-refractivity contribution in [2.45, 2.75) is 6.42 Å². The van der Waals surface area contributed by atoms with Crippen molar-refractivity contribution in [2.24, 2.45) is 0 Å². The lowest BCUT2D eigenvalue weighted by atomic mass is 10.1. The quantitative estimate of drug-likeness (QED) is 0.524. The SMILES string of the molecule is O=C1OCC/C1=C/c1ccccc1Cl. The second-order valence-electron chi connectivity index (χ2n) is 3.08. The third-order valence-corrected chi connectivity index (χ3v) is 2.45. The zero-order valence-electron chi connectivity index (χ0n) is 7.50. The van der Waals surface area contributed by atoms with Gasteiger partial charge in [-0.3, -0.25) is 0 Å². The first-order valence-corrected chi connectivity index (χ1v) is 4.77. The lowest BCUT2D eigenvalue weighted by molar-refractivity contribution is -0.134. The van der Waals surface area contributed by atoms with Crippen LogP contribution in [0.1, 0.15) is 12.0 Å². The van der Waals surface area contributed by atoms with Crippen molar-refractivity contribution in [3.63, 3.8) is 0 Å². The molecule has 0 N–H and O–H groups in total. The summed E-state index contributed by atoms with van der Waals surface area (Å²) in [6.07, 6.45) is 2.46. The van der Waals surface area contributed by atoms with Crippen molar-refractivity contribution >= 4 is 23.6 Å². The summed E-state index contributed by atoms with van der Waals surface area (Å²) in [5.41, 5.74) is 1.56. The summed E-state index contributed by atoms with van der Waals surface area (Å²) < 4.78 is 4.83. The summed E-state index contributed by atoms with van der Waals surface area (Å²) in [5, 5.41) is 0.653. The minimum absolute atomic E-state index is 0.232.